The van der Waals surface area contributed by atoms with Gasteiger partial charge in [-0.1, -0.05) is 180 Å². The lowest BCUT2D eigenvalue weighted by atomic mass is 10.0. The lowest BCUT2D eigenvalue weighted by molar-refractivity contribution is -0.161. The number of ether oxygens (including phenoxy) is 3. The second-order valence-electron chi connectivity index (χ2n) is 14.8. The quantitative estimate of drug-likeness (QED) is 0.0300. The largest absolute Gasteiger partial charge is 0.462 e. The maximum Gasteiger partial charge on any atom is 0.306 e. The number of carbonyl (C=O) groups is 2. The molecule has 0 spiro atoms. The Morgan fingerprint density at radius 3 is 1.53 bits per heavy atom. The highest BCUT2D eigenvalue weighted by molar-refractivity contribution is 5.70. The molecule has 6 heteroatoms. The molecule has 0 bridgehead atoms. The van der Waals surface area contributed by atoms with Crippen LogP contribution in [-0.4, -0.2) is 48.6 Å². The van der Waals surface area contributed by atoms with Crippen LogP contribution in [0, 0.1) is 0 Å². The third-order valence-electron chi connectivity index (χ3n) is 9.98. The van der Waals surface area contributed by atoms with Crippen LogP contribution < -0.4 is 0 Å². The minimum Gasteiger partial charge on any atom is -0.462 e. The van der Waals surface area contributed by atoms with Crippen molar-refractivity contribution in [3.63, 3.8) is 0 Å². The molecule has 6 nitrogen and oxygen atoms in total. The van der Waals surface area contributed by atoms with E-state index in [-0.39, 0.29) is 25.2 Å². The van der Waals surface area contributed by atoms with Crippen molar-refractivity contribution in [3.05, 3.63) is 12.2 Å². The molecule has 0 saturated carbocycles. The molecule has 288 valence electrons. The van der Waals surface area contributed by atoms with Crippen molar-refractivity contribution in [3.8, 4) is 0 Å². The summed E-state index contributed by atoms with van der Waals surface area (Å²) in [5.74, 6) is -0.603. The zero-order valence-electron chi connectivity index (χ0n) is 32.4. The monoisotopic (exact) mass is 693 g/mol. The van der Waals surface area contributed by atoms with Gasteiger partial charge in [-0.2, -0.15) is 0 Å². The maximum atomic E-state index is 12.2. The van der Waals surface area contributed by atoms with E-state index in [0.717, 1.165) is 57.8 Å². The molecule has 0 radical (unpaired) electrons. The molecular weight excluding hydrogens is 612 g/mol. The molecule has 1 fully saturated rings. The number of rotatable bonds is 38. The smallest absolute Gasteiger partial charge is 0.306 e. The lowest BCUT2D eigenvalue weighted by Crippen LogP contribution is -2.28. The minimum absolute atomic E-state index is 0.0727. The van der Waals surface area contributed by atoms with E-state index >= 15 is 0 Å². The van der Waals surface area contributed by atoms with Crippen LogP contribution in [0.4, 0.5) is 0 Å². The van der Waals surface area contributed by atoms with Crippen molar-refractivity contribution in [2.24, 2.45) is 0 Å². The van der Waals surface area contributed by atoms with Crippen molar-refractivity contribution >= 4 is 11.9 Å². The number of allylic oxidation sites excluding steroid dienone is 1. The van der Waals surface area contributed by atoms with Gasteiger partial charge in [0.1, 0.15) is 6.61 Å². The minimum atomic E-state index is -0.776. The highest BCUT2D eigenvalue weighted by Gasteiger charge is 2.36. The van der Waals surface area contributed by atoms with E-state index < -0.39 is 6.10 Å². The first-order valence-corrected chi connectivity index (χ1v) is 21.4. The van der Waals surface area contributed by atoms with Crippen molar-refractivity contribution in [1.29, 1.82) is 0 Å². The maximum absolute atomic E-state index is 12.2. The van der Waals surface area contributed by atoms with Gasteiger partial charge < -0.3 is 19.3 Å². The fraction of sp³-hybridized carbons (Fsp3) is 0.907. The van der Waals surface area contributed by atoms with Gasteiger partial charge in [-0.05, 0) is 38.5 Å². The highest BCUT2D eigenvalue weighted by atomic mass is 16.6. The number of epoxide rings is 1. The summed E-state index contributed by atoms with van der Waals surface area (Å²) in [6.45, 7) is 4.11. The third-order valence-corrected chi connectivity index (χ3v) is 9.98. The van der Waals surface area contributed by atoms with Crippen LogP contribution >= 0.6 is 0 Å². The Hall–Kier alpha value is -1.40. The Labute approximate surface area is 303 Å². The van der Waals surface area contributed by atoms with Gasteiger partial charge in [0.05, 0.1) is 18.8 Å². The predicted molar refractivity (Wildman–Crippen MR) is 205 cm³/mol. The van der Waals surface area contributed by atoms with Crippen LogP contribution in [0.3, 0.4) is 0 Å². The van der Waals surface area contributed by atoms with Crippen molar-refractivity contribution < 1.29 is 28.9 Å². The van der Waals surface area contributed by atoms with E-state index in [1.807, 2.05) is 0 Å². The van der Waals surface area contributed by atoms with Crippen molar-refractivity contribution in [2.45, 2.75) is 238 Å². The highest BCUT2D eigenvalue weighted by Crippen LogP contribution is 2.30. The first-order chi connectivity index (χ1) is 24.1. The van der Waals surface area contributed by atoms with Gasteiger partial charge in [0.25, 0.3) is 0 Å². The van der Waals surface area contributed by atoms with Crippen LogP contribution in [0.25, 0.3) is 0 Å². The van der Waals surface area contributed by atoms with E-state index in [0.29, 0.717) is 25.0 Å². The normalized spacial score (nSPS) is 16.3. The fourth-order valence-corrected chi connectivity index (χ4v) is 6.62. The molecule has 49 heavy (non-hydrogen) atoms. The van der Waals surface area contributed by atoms with E-state index in [2.05, 4.69) is 26.0 Å². The number of aliphatic hydroxyl groups excluding tert-OH is 1. The van der Waals surface area contributed by atoms with Crippen molar-refractivity contribution in [2.75, 3.05) is 13.2 Å². The van der Waals surface area contributed by atoms with E-state index in [4.69, 9.17) is 14.2 Å². The molecule has 1 heterocycles. The molecule has 3 atom stereocenters. The number of hydrogen-bond acceptors (Lipinski definition) is 6. The average molecular weight is 693 g/mol. The molecule has 1 saturated heterocycles. The molecule has 0 aromatic rings. The summed E-state index contributed by atoms with van der Waals surface area (Å²) in [6, 6.07) is 0. The van der Waals surface area contributed by atoms with Crippen LogP contribution in [-0.2, 0) is 23.8 Å². The molecule has 0 amide bonds. The summed E-state index contributed by atoms with van der Waals surface area (Å²) in [4.78, 5) is 24.3. The van der Waals surface area contributed by atoms with Gasteiger partial charge in [-0.15, -0.1) is 0 Å². The van der Waals surface area contributed by atoms with Gasteiger partial charge in [0.15, 0.2) is 6.10 Å². The molecule has 0 aromatic carbocycles. The summed E-state index contributed by atoms with van der Waals surface area (Å²) in [7, 11) is 0. The first-order valence-electron chi connectivity index (χ1n) is 21.4. The fourth-order valence-electron chi connectivity index (χ4n) is 6.62. The molecule has 1 aliphatic rings. The van der Waals surface area contributed by atoms with Gasteiger partial charge >= 0.3 is 11.9 Å². The lowest BCUT2D eigenvalue weighted by Gasteiger charge is -2.15. The van der Waals surface area contributed by atoms with Gasteiger partial charge in [-0.25, -0.2) is 0 Å². The van der Waals surface area contributed by atoms with Gasteiger partial charge in [0, 0.05) is 12.8 Å². The summed E-state index contributed by atoms with van der Waals surface area (Å²) < 4.78 is 16.4. The Morgan fingerprint density at radius 2 is 1.02 bits per heavy atom. The standard InChI is InChI=1S/C43H80O6/c1-3-5-7-9-11-12-13-14-15-16-17-18-19-20-21-22-23-27-32-36-43(46)48-39(37-44)38-47-42(45)35-31-28-24-26-30-34-41-40(49-41)33-29-25-10-8-6-4-2/h25,29,39-41,44H,3-24,26-28,30-38H2,1-2H3/b29-25-/t39-,40?,41?/m0/s1. The molecule has 1 N–H and O–H groups in total. The van der Waals surface area contributed by atoms with E-state index in [1.54, 1.807) is 0 Å². The van der Waals surface area contributed by atoms with Crippen LogP contribution in [0.2, 0.25) is 0 Å². The zero-order chi connectivity index (χ0) is 35.5. The number of aliphatic hydroxyl groups is 1. The van der Waals surface area contributed by atoms with Crippen LogP contribution in [0.15, 0.2) is 12.2 Å². The number of hydrogen-bond donors (Lipinski definition) is 1. The Balaban J connectivity index is 1.84. The summed E-state index contributed by atoms with van der Waals surface area (Å²) in [5, 5.41) is 9.58. The average Bonchev–Trinajstić information content (AvgIpc) is 3.86. The van der Waals surface area contributed by atoms with Crippen molar-refractivity contribution in [1.82, 2.24) is 0 Å². The molecular formula is C43H80O6. The van der Waals surface area contributed by atoms with Crippen LogP contribution in [0.5, 0.6) is 0 Å². The topological polar surface area (TPSA) is 85.4 Å². The SMILES string of the molecule is CCCCC/C=C\CC1OC1CCCCCCCC(=O)OC[C@H](CO)OC(=O)CCCCCCCCCCCCCCCCCCCCC. The Bertz CT molecular complexity index is 767. The summed E-state index contributed by atoms with van der Waals surface area (Å²) in [6.07, 6.45) is 43.0. The first kappa shape index (κ1) is 45.6. The number of unbranched alkanes of at least 4 members (excludes halogenated alkanes) is 25. The Morgan fingerprint density at radius 1 is 0.571 bits per heavy atom. The molecule has 0 aliphatic carbocycles. The molecule has 1 rings (SSSR count). The summed E-state index contributed by atoms with van der Waals surface area (Å²) in [5.41, 5.74) is 0. The molecule has 0 aromatic heterocycles. The predicted octanol–water partition coefficient (Wildman–Crippen LogP) is 12.3. The number of carbonyl (C=O) groups excluding carboxylic acids is 2. The number of esters is 2. The third kappa shape index (κ3) is 31.1. The zero-order valence-corrected chi connectivity index (χ0v) is 32.4. The van der Waals surface area contributed by atoms with E-state index in [9.17, 15) is 14.7 Å². The Kier molecular flexibility index (Phi) is 32.6. The molecule has 1 aliphatic heterocycles. The second kappa shape index (κ2) is 35.0. The summed E-state index contributed by atoms with van der Waals surface area (Å²) >= 11 is 0. The molecule has 2 unspecified atom stereocenters. The van der Waals surface area contributed by atoms with Gasteiger partial charge in [0.2, 0.25) is 0 Å². The van der Waals surface area contributed by atoms with Crippen LogP contribution in [0.1, 0.15) is 219 Å². The van der Waals surface area contributed by atoms with E-state index in [1.165, 1.54) is 135 Å². The van der Waals surface area contributed by atoms with Gasteiger partial charge in [-0.3, -0.25) is 9.59 Å². The second-order valence-corrected chi connectivity index (χ2v) is 14.8.